The average molecular weight is 306 g/mol. The normalized spacial score (nSPS) is 23.1. The van der Waals surface area contributed by atoms with Crippen molar-refractivity contribution >= 4 is 9.84 Å². The lowest BCUT2D eigenvalue weighted by molar-refractivity contribution is -0.0563. The van der Waals surface area contributed by atoms with Gasteiger partial charge in [0, 0.05) is 37.2 Å². The van der Waals surface area contributed by atoms with Crippen molar-refractivity contribution in [2.24, 2.45) is 0 Å². The first kappa shape index (κ1) is 17.9. The SMILES string of the molecule is CCNC(CCCS(C)(=O)=O)C1CN(C(C)C)CCO1. The molecule has 20 heavy (non-hydrogen) atoms. The molecule has 1 saturated heterocycles. The van der Waals surface area contributed by atoms with Gasteiger partial charge >= 0.3 is 0 Å². The number of rotatable bonds is 8. The molecule has 1 heterocycles. The van der Waals surface area contributed by atoms with Gasteiger partial charge in [-0.2, -0.15) is 0 Å². The van der Waals surface area contributed by atoms with Crippen LogP contribution in [0, 0.1) is 0 Å². The molecule has 6 heteroatoms. The van der Waals surface area contributed by atoms with Crippen molar-refractivity contribution in [2.45, 2.75) is 51.8 Å². The van der Waals surface area contributed by atoms with Crippen LogP contribution in [-0.4, -0.2) is 69.8 Å². The van der Waals surface area contributed by atoms with Gasteiger partial charge in [0.15, 0.2) is 0 Å². The van der Waals surface area contributed by atoms with Gasteiger partial charge < -0.3 is 10.1 Å². The first-order chi connectivity index (χ1) is 9.33. The average Bonchev–Trinajstić information content (AvgIpc) is 2.36. The Morgan fingerprint density at radius 1 is 1.40 bits per heavy atom. The number of morpholine rings is 1. The van der Waals surface area contributed by atoms with Gasteiger partial charge in [-0.3, -0.25) is 4.90 Å². The standard InChI is InChI=1S/C14H30N2O3S/c1-5-15-13(7-6-10-20(4,17)18)14-11-16(12(2)3)8-9-19-14/h12-15H,5-11H2,1-4H3. The Labute approximate surface area is 124 Å². The van der Waals surface area contributed by atoms with Gasteiger partial charge in [-0.1, -0.05) is 6.92 Å². The lowest BCUT2D eigenvalue weighted by Gasteiger charge is -2.39. The number of sulfone groups is 1. The maximum atomic E-state index is 11.2. The second kappa shape index (κ2) is 8.32. The van der Waals surface area contributed by atoms with Gasteiger partial charge in [0.05, 0.1) is 12.7 Å². The highest BCUT2D eigenvalue weighted by Crippen LogP contribution is 2.15. The van der Waals surface area contributed by atoms with Gasteiger partial charge in [-0.05, 0) is 33.2 Å². The van der Waals surface area contributed by atoms with Crippen LogP contribution in [0.1, 0.15) is 33.6 Å². The van der Waals surface area contributed by atoms with Crippen LogP contribution < -0.4 is 5.32 Å². The summed E-state index contributed by atoms with van der Waals surface area (Å²) < 4.78 is 28.4. The third-order valence-electron chi connectivity index (χ3n) is 3.80. The van der Waals surface area contributed by atoms with Crippen molar-refractivity contribution in [1.82, 2.24) is 10.2 Å². The van der Waals surface area contributed by atoms with Crippen LogP contribution in [0.4, 0.5) is 0 Å². The van der Waals surface area contributed by atoms with E-state index in [1.165, 1.54) is 6.26 Å². The smallest absolute Gasteiger partial charge is 0.147 e. The minimum absolute atomic E-state index is 0.158. The van der Waals surface area contributed by atoms with E-state index < -0.39 is 9.84 Å². The zero-order valence-corrected chi connectivity index (χ0v) is 14.1. The van der Waals surface area contributed by atoms with E-state index in [1.54, 1.807) is 0 Å². The number of likely N-dealkylation sites (N-methyl/N-ethyl adjacent to an activating group) is 1. The summed E-state index contributed by atoms with van der Waals surface area (Å²) in [4.78, 5) is 2.43. The number of nitrogens with one attached hydrogen (secondary N) is 1. The molecule has 0 aromatic heterocycles. The van der Waals surface area contributed by atoms with E-state index in [2.05, 4.69) is 31.0 Å². The molecule has 0 aliphatic carbocycles. The molecule has 0 aromatic rings. The van der Waals surface area contributed by atoms with E-state index >= 15 is 0 Å². The van der Waals surface area contributed by atoms with Gasteiger partial charge in [0.1, 0.15) is 9.84 Å². The van der Waals surface area contributed by atoms with Crippen LogP contribution in [0.15, 0.2) is 0 Å². The first-order valence-corrected chi connectivity index (χ1v) is 9.66. The van der Waals surface area contributed by atoms with Gasteiger partial charge in [0.25, 0.3) is 0 Å². The van der Waals surface area contributed by atoms with Crippen LogP contribution in [0.5, 0.6) is 0 Å². The van der Waals surface area contributed by atoms with Gasteiger partial charge in [0.2, 0.25) is 0 Å². The highest BCUT2D eigenvalue weighted by molar-refractivity contribution is 7.90. The fraction of sp³-hybridized carbons (Fsp3) is 1.00. The number of nitrogens with zero attached hydrogens (tertiary/aromatic N) is 1. The lowest BCUT2D eigenvalue weighted by Crippen LogP contribution is -2.53. The molecule has 0 spiro atoms. The van der Waals surface area contributed by atoms with Crippen LogP contribution in [0.3, 0.4) is 0 Å². The Hall–Kier alpha value is -0.170. The molecule has 5 nitrogen and oxygen atoms in total. The van der Waals surface area contributed by atoms with Crippen molar-refractivity contribution in [1.29, 1.82) is 0 Å². The quantitative estimate of drug-likeness (QED) is 0.722. The first-order valence-electron chi connectivity index (χ1n) is 7.60. The predicted molar refractivity (Wildman–Crippen MR) is 82.9 cm³/mol. The van der Waals surface area contributed by atoms with Crippen LogP contribution in [0.2, 0.25) is 0 Å². The van der Waals surface area contributed by atoms with Gasteiger partial charge in [-0.15, -0.1) is 0 Å². The van der Waals surface area contributed by atoms with Crippen LogP contribution in [0.25, 0.3) is 0 Å². The highest BCUT2D eigenvalue weighted by atomic mass is 32.2. The summed E-state index contributed by atoms with van der Waals surface area (Å²) in [6, 6.07) is 0.767. The maximum absolute atomic E-state index is 11.2. The number of hydrogen-bond acceptors (Lipinski definition) is 5. The summed E-state index contributed by atoms with van der Waals surface area (Å²) >= 11 is 0. The molecule has 0 radical (unpaired) electrons. The van der Waals surface area contributed by atoms with E-state index in [-0.39, 0.29) is 17.9 Å². The van der Waals surface area contributed by atoms with Crippen molar-refractivity contribution in [3.63, 3.8) is 0 Å². The van der Waals surface area contributed by atoms with Crippen molar-refractivity contribution < 1.29 is 13.2 Å². The Morgan fingerprint density at radius 2 is 2.10 bits per heavy atom. The third-order valence-corrected chi connectivity index (χ3v) is 4.83. The Morgan fingerprint density at radius 3 is 2.65 bits per heavy atom. The van der Waals surface area contributed by atoms with E-state index in [4.69, 9.17) is 4.74 Å². The molecule has 0 amide bonds. The maximum Gasteiger partial charge on any atom is 0.147 e. The fourth-order valence-corrected chi connectivity index (χ4v) is 3.35. The Kier molecular flexibility index (Phi) is 7.43. The highest BCUT2D eigenvalue weighted by Gasteiger charge is 2.28. The molecule has 0 saturated carbocycles. The summed E-state index contributed by atoms with van der Waals surface area (Å²) in [6.45, 7) is 10.0. The molecule has 1 N–H and O–H groups in total. The molecule has 2 atom stereocenters. The minimum Gasteiger partial charge on any atom is -0.374 e. The molecular weight excluding hydrogens is 276 g/mol. The largest absolute Gasteiger partial charge is 0.374 e. The van der Waals surface area contributed by atoms with Crippen LogP contribution in [-0.2, 0) is 14.6 Å². The molecular formula is C14H30N2O3S. The van der Waals surface area contributed by atoms with E-state index in [1.807, 2.05) is 0 Å². The summed E-state index contributed by atoms with van der Waals surface area (Å²) in [5.74, 6) is 0.259. The predicted octanol–water partition coefficient (Wildman–Crippen LogP) is 0.899. The fourth-order valence-electron chi connectivity index (χ4n) is 2.66. The summed E-state index contributed by atoms with van der Waals surface area (Å²) in [7, 11) is -2.87. The molecule has 0 bridgehead atoms. The molecule has 120 valence electrons. The topological polar surface area (TPSA) is 58.6 Å². The molecule has 1 rings (SSSR count). The van der Waals surface area contributed by atoms with E-state index in [0.29, 0.717) is 12.5 Å². The van der Waals surface area contributed by atoms with Crippen molar-refractivity contribution in [2.75, 3.05) is 38.2 Å². The number of hydrogen-bond donors (Lipinski definition) is 1. The summed E-state index contributed by atoms with van der Waals surface area (Å²) in [5, 5.41) is 3.45. The zero-order chi connectivity index (χ0) is 15.2. The molecule has 1 aliphatic heterocycles. The zero-order valence-electron chi connectivity index (χ0n) is 13.3. The Bertz CT molecular complexity index is 371. The lowest BCUT2D eigenvalue weighted by atomic mass is 10.0. The minimum atomic E-state index is -2.87. The Balaban J connectivity index is 2.51. The molecule has 0 aromatic carbocycles. The second-order valence-corrected chi connectivity index (χ2v) is 8.19. The number of ether oxygens (including phenoxy) is 1. The van der Waals surface area contributed by atoms with E-state index in [9.17, 15) is 8.42 Å². The monoisotopic (exact) mass is 306 g/mol. The molecule has 1 fully saturated rings. The van der Waals surface area contributed by atoms with E-state index in [0.717, 1.165) is 32.7 Å². The third kappa shape index (κ3) is 6.52. The second-order valence-electron chi connectivity index (χ2n) is 5.93. The summed E-state index contributed by atoms with van der Waals surface area (Å²) in [6.07, 6.45) is 2.99. The molecule has 2 unspecified atom stereocenters. The van der Waals surface area contributed by atoms with Gasteiger partial charge in [-0.25, -0.2) is 8.42 Å². The van der Waals surface area contributed by atoms with Crippen molar-refractivity contribution in [3.8, 4) is 0 Å². The van der Waals surface area contributed by atoms with Crippen molar-refractivity contribution in [3.05, 3.63) is 0 Å². The summed E-state index contributed by atoms with van der Waals surface area (Å²) in [5.41, 5.74) is 0. The van der Waals surface area contributed by atoms with Crippen LogP contribution >= 0.6 is 0 Å². The molecule has 1 aliphatic rings.